The molecular formula is C11H7F2NO2. The van der Waals surface area contributed by atoms with E-state index in [-0.39, 0.29) is 17.8 Å². The molecule has 82 valence electrons. The maximum Gasteiger partial charge on any atom is 0.299 e. The van der Waals surface area contributed by atoms with Crippen LogP contribution >= 0.6 is 0 Å². The van der Waals surface area contributed by atoms with Crippen LogP contribution in [-0.2, 0) is 4.79 Å². The van der Waals surface area contributed by atoms with Crippen LogP contribution < -0.4 is 4.90 Å². The first kappa shape index (κ1) is 10.5. The Labute approximate surface area is 90.0 Å². The summed E-state index contributed by atoms with van der Waals surface area (Å²) in [5.41, 5.74) is -0.0143. The van der Waals surface area contributed by atoms with E-state index < -0.39 is 23.3 Å². The molecule has 1 aromatic carbocycles. The van der Waals surface area contributed by atoms with Gasteiger partial charge >= 0.3 is 0 Å². The standard InChI is InChI=1S/C11H7F2NO2/c1-2-3-14-9-5-8(13)7(12)4-6(9)10(15)11(14)16/h2,4-5H,1,3H2. The molecule has 0 spiro atoms. The third-order valence-corrected chi connectivity index (χ3v) is 2.33. The highest BCUT2D eigenvalue weighted by molar-refractivity contribution is 6.52. The van der Waals surface area contributed by atoms with Crippen molar-refractivity contribution >= 4 is 17.4 Å². The molecule has 5 heteroatoms. The quantitative estimate of drug-likeness (QED) is 0.565. The number of Topliss-reactive ketones (excluding diaryl/α,β-unsaturated/α-hetero) is 1. The van der Waals surface area contributed by atoms with Crippen LogP contribution in [-0.4, -0.2) is 18.2 Å². The van der Waals surface area contributed by atoms with E-state index in [2.05, 4.69) is 6.58 Å². The maximum atomic E-state index is 13.0. The summed E-state index contributed by atoms with van der Waals surface area (Å²) in [5, 5.41) is 0. The number of carbonyl (C=O) groups is 2. The van der Waals surface area contributed by atoms with Gasteiger partial charge in [-0.15, -0.1) is 6.58 Å². The molecule has 0 aliphatic carbocycles. The molecule has 0 radical (unpaired) electrons. The minimum Gasteiger partial charge on any atom is -0.301 e. The highest BCUT2D eigenvalue weighted by Gasteiger charge is 2.36. The summed E-state index contributed by atoms with van der Waals surface area (Å²) in [7, 11) is 0. The Morgan fingerprint density at radius 1 is 1.25 bits per heavy atom. The van der Waals surface area contributed by atoms with E-state index in [9.17, 15) is 18.4 Å². The molecule has 0 saturated carbocycles. The fourth-order valence-electron chi connectivity index (χ4n) is 1.60. The molecule has 2 rings (SSSR count). The molecule has 16 heavy (non-hydrogen) atoms. The van der Waals surface area contributed by atoms with Crippen molar-refractivity contribution in [2.45, 2.75) is 0 Å². The monoisotopic (exact) mass is 223 g/mol. The molecule has 0 fully saturated rings. The van der Waals surface area contributed by atoms with E-state index in [0.717, 1.165) is 17.0 Å². The summed E-state index contributed by atoms with van der Waals surface area (Å²) >= 11 is 0. The molecule has 1 aliphatic heterocycles. The van der Waals surface area contributed by atoms with Gasteiger partial charge in [0, 0.05) is 12.6 Å². The van der Waals surface area contributed by atoms with E-state index in [0.29, 0.717) is 0 Å². The normalized spacial score (nSPS) is 14.2. The maximum absolute atomic E-state index is 13.0. The van der Waals surface area contributed by atoms with E-state index in [4.69, 9.17) is 0 Å². The van der Waals surface area contributed by atoms with Crippen LogP contribution in [0.15, 0.2) is 24.8 Å². The van der Waals surface area contributed by atoms with Gasteiger partial charge in [0.05, 0.1) is 11.3 Å². The zero-order valence-corrected chi connectivity index (χ0v) is 8.17. The lowest BCUT2D eigenvalue weighted by molar-refractivity contribution is -0.114. The van der Waals surface area contributed by atoms with Gasteiger partial charge in [0.2, 0.25) is 0 Å². The predicted molar refractivity (Wildman–Crippen MR) is 53.2 cm³/mol. The number of hydrogen-bond acceptors (Lipinski definition) is 2. The largest absolute Gasteiger partial charge is 0.301 e. The summed E-state index contributed by atoms with van der Waals surface area (Å²) in [4.78, 5) is 24.0. The fourth-order valence-corrected chi connectivity index (χ4v) is 1.60. The van der Waals surface area contributed by atoms with Gasteiger partial charge in [-0.25, -0.2) is 8.78 Å². The van der Waals surface area contributed by atoms with Crippen molar-refractivity contribution in [3.63, 3.8) is 0 Å². The van der Waals surface area contributed by atoms with Gasteiger partial charge in [-0.2, -0.15) is 0 Å². The van der Waals surface area contributed by atoms with E-state index in [1.54, 1.807) is 0 Å². The second-order valence-electron chi connectivity index (χ2n) is 3.32. The first-order valence-corrected chi connectivity index (χ1v) is 4.52. The number of anilines is 1. The summed E-state index contributed by atoms with van der Waals surface area (Å²) in [6, 6.07) is 1.59. The summed E-state index contributed by atoms with van der Waals surface area (Å²) in [6.45, 7) is 3.51. The minimum atomic E-state index is -1.14. The second kappa shape index (κ2) is 3.52. The lowest BCUT2D eigenvalue weighted by atomic mass is 10.1. The number of amides is 1. The lowest BCUT2D eigenvalue weighted by Crippen LogP contribution is -2.29. The second-order valence-corrected chi connectivity index (χ2v) is 3.32. The number of hydrogen-bond donors (Lipinski definition) is 0. The third-order valence-electron chi connectivity index (χ3n) is 2.33. The Morgan fingerprint density at radius 2 is 1.88 bits per heavy atom. The van der Waals surface area contributed by atoms with Gasteiger partial charge in [0.15, 0.2) is 11.6 Å². The zero-order chi connectivity index (χ0) is 11.9. The predicted octanol–water partition coefficient (Wildman–Crippen LogP) is 1.68. The number of fused-ring (bicyclic) bond motifs is 1. The number of nitrogens with zero attached hydrogens (tertiary/aromatic N) is 1. The van der Waals surface area contributed by atoms with Crippen LogP contribution in [0.25, 0.3) is 0 Å². The van der Waals surface area contributed by atoms with Crippen molar-refractivity contribution in [2.24, 2.45) is 0 Å². The topological polar surface area (TPSA) is 37.4 Å². The molecule has 0 aromatic heterocycles. The molecule has 1 aromatic rings. The Kier molecular flexibility index (Phi) is 2.30. The summed E-state index contributed by atoms with van der Waals surface area (Å²) in [5.74, 6) is -3.84. The molecule has 1 heterocycles. The van der Waals surface area contributed by atoms with Gasteiger partial charge in [0.25, 0.3) is 11.7 Å². The van der Waals surface area contributed by atoms with Gasteiger partial charge < -0.3 is 4.90 Å². The van der Waals surface area contributed by atoms with Crippen LogP contribution in [0.1, 0.15) is 10.4 Å². The molecule has 3 nitrogen and oxygen atoms in total. The number of halogens is 2. The van der Waals surface area contributed by atoms with E-state index >= 15 is 0 Å². The van der Waals surface area contributed by atoms with Crippen LogP contribution in [0, 0.1) is 11.6 Å². The van der Waals surface area contributed by atoms with Crippen molar-refractivity contribution in [2.75, 3.05) is 11.4 Å². The van der Waals surface area contributed by atoms with Gasteiger partial charge in [-0.3, -0.25) is 9.59 Å². The Balaban J connectivity index is 2.61. The minimum absolute atomic E-state index is 0.0860. The lowest BCUT2D eigenvalue weighted by Gasteiger charge is -2.13. The van der Waals surface area contributed by atoms with Crippen molar-refractivity contribution < 1.29 is 18.4 Å². The zero-order valence-electron chi connectivity index (χ0n) is 8.17. The number of carbonyl (C=O) groups excluding carboxylic acids is 2. The van der Waals surface area contributed by atoms with E-state index in [1.165, 1.54) is 6.08 Å². The molecule has 1 amide bonds. The van der Waals surface area contributed by atoms with Crippen molar-refractivity contribution in [1.29, 1.82) is 0 Å². The number of rotatable bonds is 2. The highest BCUT2D eigenvalue weighted by Crippen LogP contribution is 2.30. The molecule has 0 unspecified atom stereocenters. The first-order valence-electron chi connectivity index (χ1n) is 4.52. The van der Waals surface area contributed by atoms with Crippen LogP contribution in [0.3, 0.4) is 0 Å². The summed E-state index contributed by atoms with van der Waals surface area (Å²) < 4.78 is 25.9. The van der Waals surface area contributed by atoms with Crippen LogP contribution in [0.4, 0.5) is 14.5 Å². The third kappa shape index (κ3) is 1.32. The first-order chi connectivity index (χ1) is 7.56. The molecule has 0 saturated heterocycles. The molecule has 0 bridgehead atoms. The number of benzene rings is 1. The Bertz CT molecular complexity index is 511. The van der Waals surface area contributed by atoms with Crippen molar-refractivity contribution in [3.8, 4) is 0 Å². The molecule has 1 aliphatic rings. The Hall–Kier alpha value is -2.04. The van der Waals surface area contributed by atoms with Gasteiger partial charge in [0.1, 0.15) is 0 Å². The summed E-state index contributed by atoms with van der Waals surface area (Å²) in [6.07, 6.45) is 1.40. The molecule has 0 atom stereocenters. The SMILES string of the molecule is C=CCN1C(=O)C(=O)c2cc(F)c(F)cc21. The van der Waals surface area contributed by atoms with Crippen molar-refractivity contribution in [3.05, 3.63) is 42.0 Å². The van der Waals surface area contributed by atoms with Crippen molar-refractivity contribution in [1.82, 2.24) is 0 Å². The average Bonchev–Trinajstić information content (AvgIpc) is 2.46. The van der Waals surface area contributed by atoms with Gasteiger partial charge in [-0.1, -0.05) is 6.08 Å². The molecule has 0 N–H and O–H groups in total. The fraction of sp³-hybridized carbons (Fsp3) is 0.0909. The number of ketones is 1. The average molecular weight is 223 g/mol. The van der Waals surface area contributed by atoms with E-state index in [1.807, 2.05) is 0 Å². The smallest absolute Gasteiger partial charge is 0.299 e. The van der Waals surface area contributed by atoms with Crippen LogP contribution in [0.2, 0.25) is 0 Å². The highest BCUT2D eigenvalue weighted by atomic mass is 19.2. The molecular weight excluding hydrogens is 216 g/mol. The van der Waals surface area contributed by atoms with Gasteiger partial charge in [-0.05, 0) is 6.07 Å². The Morgan fingerprint density at radius 3 is 2.50 bits per heavy atom. The van der Waals surface area contributed by atoms with Crippen LogP contribution in [0.5, 0.6) is 0 Å².